The van der Waals surface area contributed by atoms with Gasteiger partial charge in [-0.1, -0.05) is 0 Å². The first kappa shape index (κ1) is 13.4. The maximum atomic E-state index is 11.3. The Morgan fingerprint density at radius 3 is 2.94 bits per heavy atom. The number of aromatic nitrogens is 1. The van der Waals surface area contributed by atoms with Gasteiger partial charge in [-0.05, 0) is 6.92 Å². The highest BCUT2D eigenvalue weighted by atomic mass is 35.5. The molecule has 2 unspecified atom stereocenters. The highest BCUT2D eigenvalue weighted by Crippen LogP contribution is 2.23. The highest BCUT2D eigenvalue weighted by molar-refractivity contribution is 7.13. The molecule has 0 aliphatic rings. The molecule has 0 saturated carbocycles. The van der Waals surface area contributed by atoms with Gasteiger partial charge >= 0.3 is 5.97 Å². The standard InChI is InChI=1S/C9H12ClNO4S/c1-2-15-9(14)6-4-11-8(16-6)7(13)5(12)3-10/h4-5,7,12-13H,2-3H2,1H3. The van der Waals surface area contributed by atoms with Crippen LogP contribution in [0.3, 0.4) is 0 Å². The lowest BCUT2D eigenvalue weighted by Gasteiger charge is -2.11. The average molecular weight is 266 g/mol. The van der Waals surface area contributed by atoms with Gasteiger partial charge in [-0.2, -0.15) is 0 Å². The van der Waals surface area contributed by atoms with Crippen molar-refractivity contribution in [3.8, 4) is 0 Å². The molecular weight excluding hydrogens is 254 g/mol. The molecule has 16 heavy (non-hydrogen) atoms. The summed E-state index contributed by atoms with van der Waals surface area (Å²) in [6.07, 6.45) is -0.962. The average Bonchev–Trinajstić information content (AvgIpc) is 2.76. The second-order valence-corrected chi connectivity index (χ2v) is 4.32. The predicted molar refractivity (Wildman–Crippen MR) is 59.8 cm³/mol. The van der Waals surface area contributed by atoms with Gasteiger partial charge in [0.15, 0.2) is 0 Å². The van der Waals surface area contributed by atoms with Crippen molar-refractivity contribution < 1.29 is 19.7 Å². The molecule has 1 aromatic rings. The van der Waals surface area contributed by atoms with Crippen LogP contribution >= 0.6 is 22.9 Å². The van der Waals surface area contributed by atoms with E-state index >= 15 is 0 Å². The number of alkyl halides is 1. The van der Waals surface area contributed by atoms with Crippen LogP contribution in [0.2, 0.25) is 0 Å². The summed E-state index contributed by atoms with van der Waals surface area (Å²) in [7, 11) is 0. The molecule has 2 atom stereocenters. The van der Waals surface area contributed by atoms with E-state index < -0.39 is 18.2 Å². The molecule has 1 aromatic heterocycles. The van der Waals surface area contributed by atoms with E-state index in [0.29, 0.717) is 0 Å². The Bertz CT molecular complexity index is 357. The van der Waals surface area contributed by atoms with E-state index in [4.69, 9.17) is 16.3 Å². The lowest BCUT2D eigenvalue weighted by molar-refractivity contribution is 0.0326. The summed E-state index contributed by atoms with van der Waals surface area (Å²) < 4.78 is 4.77. The Morgan fingerprint density at radius 2 is 2.38 bits per heavy atom. The predicted octanol–water partition coefficient (Wildman–Crippen LogP) is 0.953. The first-order valence-corrected chi connectivity index (χ1v) is 6.00. The van der Waals surface area contributed by atoms with Crippen LogP contribution in [0.4, 0.5) is 0 Å². The molecule has 1 rings (SSSR count). The number of hydrogen-bond donors (Lipinski definition) is 2. The van der Waals surface area contributed by atoms with Gasteiger partial charge in [-0.25, -0.2) is 9.78 Å². The molecule has 2 N–H and O–H groups in total. The fourth-order valence-corrected chi connectivity index (χ4v) is 1.99. The smallest absolute Gasteiger partial charge is 0.349 e. The first-order chi connectivity index (χ1) is 7.60. The maximum Gasteiger partial charge on any atom is 0.349 e. The van der Waals surface area contributed by atoms with E-state index in [1.807, 2.05) is 0 Å². The van der Waals surface area contributed by atoms with Crippen molar-refractivity contribution >= 4 is 28.9 Å². The summed E-state index contributed by atoms with van der Waals surface area (Å²) in [6, 6.07) is 0. The second-order valence-electron chi connectivity index (χ2n) is 2.95. The largest absolute Gasteiger partial charge is 0.462 e. The van der Waals surface area contributed by atoms with Crippen LogP contribution in [0, 0.1) is 0 Å². The van der Waals surface area contributed by atoms with Crippen molar-refractivity contribution in [1.29, 1.82) is 0 Å². The topological polar surface area (TPSA) is 79.7 Å². The van der Waals surface area contributed by atoms with Gasteiger partial charge in [-0.3, -0.25) is 0 Å². The second kappa shape index (κ2) is 6.15. The minimum Gasteiger partial charge on any atom is -0.462 e. The summed E-state index contributed by atoms with van der Waals surface area (Å²) >= 11 is 6.37. The zero-order chi connectivity index (χ0) is 12.1. The van der Waals surface area contributed by atoms with E-state index in [1.54, 1.807) is 6.92 Å². The Morgan fingerprint density at radius 1 is 1.69 bits per heavy atom. The molecule has 7 heteroatoms. The van der Waals surface area contributed by atoms with Gasteiger partial charge < -0.3 is 14.9 Å². The monoisotopic (exact) mass is 265 g/mol. The Hall–Kier alpha value is -0.690. The molecule has 0 aromatic carbocycles. The number of halogens is 1. The van der Waals surface area contributed by atoms with Crippen molar-refractivity contribution in [2.45, 2.75) is 19.1 Å². The maximum absolute atomic E-state index is 11.3. The van der Waals surface area contributed by atoms with Gasteiger partial charge in [0.1, 0.15) is 16.0 Å². The quantitative estimate of drug-likeness (QED) is 0.612. The number of esters is 1. The third-order valence-corrected chi connectivity index (χ3v) is 3.14. The van der Waals surface area contributed by atoms with Crippen LogP contribution in [-0.4, -0.2) is 39.8 Å². The summed E-state index contributed by atoms with van der Waals surface area (Å²) in [5.41, 5.74) is 0. The molecule has 0 aliphatic carbocycles. The number of ether oxygens (including phenoxy) is 1. The number of aliphatic hydroxyl groups excluding tert-OH is 2. The van der Waals surface area contributed by atoms with Crippen LogP contribution in [-0.2, 0) is 4.74 Å². The van der Waals surface area contributed by atoms with Gasteiger partial charge in [0.2, 0.25) is 0 Å². The van der Waals surface area contributed by atoms with Crippen LogP contribution in [0.5, 0.6) is 0 Å². The Balaban J connectivity index is 2.74. The van der Waals surface area contributed by atoms with Crippen LogP contribution in [0.1, 0.15) is 27.7 Å². The normalized spacial score (nSPS) is 14.5. The number of carbonyl (C=O) groups excluding carboxylic acids is 1. The third kappa shape index (κ3) is 3.15. The van der Waals surface area contributed by atoms with Crippen LogP contribution < -0.4 is 0 Å². The molecule has 0 radical (unpaired) electrons. The lowest BCUT2D eigenvalue weighted by atomic mass is 10.2. The lowest BCUT2D eigenvalue weighted by Crippen LogP contribution is -2.19. The third-order valence-electron chi connectivity index (χ3n) is 1.78. The minimum absolute atomic E-state index is 0.102. The van der Waals surface area contributed by atoms with Crippen molar-refractivity contribution in [1.82, 2.24) is 4.98 Å². The Labute approximate surface area is 102 Å². The van der Waals surface area contributed by atoms with E-state index in [1.165, 1.54) is 6.20 Å². The summed E-state index contributed by atoms with van der Waals surface area (Å²) in [5, 5.41) is 19.1. The molecule has 0 fully saturated rings. The molecule has 0 aliphatic heterocycles. The van der Waals surface area contributed by atoms with Crippen molar-refractivity contribution in [2.24, 2.45) is 0 Å². The fraction of sp³-hybridized carbons (Fsp3) is 0.556. The van der Waals surface area contributed by atoms with Gasteiger partial charge in [0.05, 0.1) is 24.8 Å². The van der Waals surface area contributed by atoms with E-state index in [2.05, 4.69) is 4.98 Å². The van der Waals surface area contributed by atoms with E-state index in [9.17, 15) is 15.0 Å². The zero-order valence-electron chi connectivity index (χ0n) is 8.59. The Kier molecular flexibility index (Phi) is 5.14. The molecule has 0 spiro atoms. The number of rotatable bonds is 5. The molecular formula is C9H12ClNO4S. The highest BCUT2D eigenvalue weighted by Gasteiger charge is 2.22. The number of thiazole rings is 1. The molecule has 0 bridgehead atoms. The summed E-state index contributed by atoms with van der Waals surface area (Å²) in [5.74, 6) is -0.589. The fourth-order valence-electron chi connectivity index (χ4n) is 0.970. The minimum atomic E-state index is -1.18. The van der Waals surface area contributed by atoms with Gasteiger partial charge in [0.25, 0.3) is 0 Å². The van der Waals surface area contributed by atoms with Crippen molar-refractivity contribution in [3.63, 3.8) is 0 Å². The van der Waals surface area contributed by atoms with E-state index in [0.717, 1.165) is 11.3 Å². The molecule has 90 valence electrons. The first-order valence-electron chi connectivity index (χ1n) is 4.65. The van der Waals surface area contributed by atoms with E-state index in [-0.39, 0.29) is 22.4 Å². The number of carbonyl (C=O) groups is 1. The number of nitrogens with zero attached hydrogens (tertiary/aromatic N) is 1. The summed E-state index contributed by atoms with van der Waals surface area (Å²) in [4.78, 5) is 15.4. The SMILES string of the molecule is CCOC(=O)c1cnc(C(O)C(O)CCl)s1. The van der Waals surface area contributed by atoms with Crippen LogP contribution in [0.25, 0.3) is 0 Å². The van der Waals surface area contributed by atoms with Crippen LogP contribution in [0.15, 0.2) is 6.20 Å². The van der Waals surface area contributed by atoms with Gasteiger partial charge in [0, 0.05) is 0 Å². The zero-order valence-corrected chi connectivity index (χ0v) is 10.2. The molecule has 0 saturated heterocycles. The molecule has 5 nitrogen and oxygen atoms in total. The van der Waals surface area contributed by atoms with Crippen molar-refractivity contribution in [3.05, 3.63) is 16.1 Å². The molecule has 1 heterocycles. The van der Waals surface area contributed by atoms with Crippen molar-refractivity contribution in [2.75, 3.05) is 12.5 Å². The summed E-state index contributed by atoms with van der Waals surface area (Å²) in [6.45, 7) is 1.98. The molecule has 0 amide bonds. The number of aliphatic hydroxyl groups is 2. The number of hydrogen-bond acceptors (Lipinski definition) is 6. The van der Waals surface area contributed by atoms with Gasteiger partial charge in [-0.15, -0.1) is 22.9 Å².